The van der Waals surface area contributed by atoms with Crippen LogP contribution in [0.25, 0.3) is 0 Å². The fourth-order valence-corrected chi connectivity index (χ4v) is 3.64. The number of ether oxygens (including phenoxy) is 3. The smallest absolute Gasteiger partial charge is 0.338 e. The molecular weight excluding hydrogens is 446 g/mol. The SMILES string of the molecule is COc1cccc(CCc2ccccc2OCC(CN(C)C)OC(=O)c2ccc(C(=O)O)cc2)c1. The van der Waals surface area contributed by atoms with Gasteiger partial charge in [0.05, 0.1) is 18.2 Å². The van der Waals surface area contributed by atoms with E-state index in [9.17, 15) is 9.59 Å². The Morgan fingerprint density at radius 2 is 1.63 bits per heavy atom. The van der Waals surface area contributed by atoms with Crippen LogP contribution in [0.15, 0.2) is 72.8 Å². The number of carbonyl (C=O) groups excluding carboxylic acids is 1. The number of hydrogen-bond acceptors (Lipinski definition) is 6. The van der Waals surface area contributed by atoms with Gasteiger partial charge in [0.15, 0.2) is 0 Å². The molecule has 3 aromatic rings. The van der Waals surface area contributed by atoms with Crippen LogP contribution in [-0.2, 0) is 17.6 Å². The molecule has 0 heterocycles. The van der Waals surface area contributed by atoms with Crippen LogP contribution in [-0.4, -0.2) is 62.4 Å². The molecule has 35 heavy (non-hydrogen) atoms. The van der Waals surface area contributed by atoms with Gasteiger partial charge < -0.3 is 24.2 Å². The monoisotopic (exact) mass is 477 g/mol. The molecule has 0 fully saturated rings. The summed E-state index contributed by atoms with van der Waals surface area (Å²) in [6.07, 6.45) is 1.11. The molecule has 7 nitrogen and oxygen atoms in total. The number of carbonyl (C=O) groups is 2. The molecule has 3 rings (SSSR count). The van der Waals surface area contributed by atoms with Gasteiger partial charge in [-0.25, -0.2) is 9.59 Å². The highest BCUT2D eigenvalue weighted by molar-refractivity contribution is 5.92. The first kappa shape index (κ1) is 25.8. The molecule has 7 heteroatoms. The van der Waals surface area contributed by atoms with Crippen molar-refractivity contribution in [2.24, 2.45) is 0 Å². The zero-order valence-corrected chi connectivity index (χ0v) is 20.3. The van der Waals surface area contributed by atoms with Crippen LogP contribution >= 0.6 is 0 Å². The quantitative estimate of drug-likeness (QED) is 0.388. The molecular formula is C28H31NO6. The van der Waals surface area contributed by atoms with Crippen LogP contribution in [0.5, 0.6) is 11.5 Å². The Balaban J connectivity index is 1.64. The number of para-hydroxylation sites is 1. The minimum atomic E-state index is -1.05. The zero-order valence-electron chi connectivity index (χ0n) is 20.3. The molecule has 0 spiro atoms. The van der Waals surface area contributed by atoms with Gasteiger partial charge in [0, 0.05) is 6.54 Å². The topological polar surface area (TPSA) is 85.3 Å². The lowest BCUT2D eigenvalue weighted by Gasteiger charge is -2.22. The Kier molecular flexibility index (Phi) is 9.26. The number of nitrogens with zero attached hydrogens (tertiary/aromatic N) is 1. The molecule has 1 atom stereocenters. The van der Waals surface area contributed by atoms with Gasteiger partial charge in [-0.15, -0.1) is 0 Å². The van der Waals surface area contributed by atoms with Crippen molar-refractivity contribution < 1.29 is 28.9 Å². The van der Waals surface area contributed by atoms with Gasteiger partial charge in [-0.05, 0) is 80.5 Å². The molecule has 0 bridgehead atoms. The summed E-state index contributed by atoms with van der Waals surface area (Å²) in [7, 11) is 5.44. The molecule has 3 aromatic carbocycles. The Labute approximate surface area is 205 Å². The van der Waals surface area contributed by atoms with Crippen molar-refractivity contribution >= 4 is 11.9 Å². The molecule has 0 aliphatic rings. The van der Waals surface area contributed by atoms with Crippen molar-refractivity contribution in [3.05, 3.63) is 95.1 Å². The highest BCUT2D eigenvalue weighted by Crippen LogP contribution is 2.22. The normalized spacial score (nSPS) is 11.7. The van der Waals surface area contributed by atoms with Gasteiger partial charge in [-0.2, -0.15) is 0 Å². The molecule has 0 saturated heterocycles. The van der Waals surface area contributed by atoms with E-state index in [-0.39, 0.29) is 17.7 Å². The number of carboxylic acids is 1. The second-order valence-corrected chi connectivity index (χ2v) is 8.44. The Hall–Kier alpha value is -3.84. The Morgan fingerprint density at radius 1 is 0.914 bits per heavy atom. The van der Waals surface area contributed by atoms with Crippen LogP contribution in [0, 0.1) is 0 Å². The summed E-state index contributed by atoms with van der Waals surface area (Å²) in [5.74, 6) is 0.0107. The number of methoxy groups -OCH3 is 1. The molecule has 0 saturated carbocycles. The minimum absolute atomic E-state index is 0.111. The maximum Gasteiger partial charge on any atom is 0.338 e. The third-order valence-electron chi connectivity index (χ3n) is 5.42. The summed E-state index contributed by atoms with van der Waals surface area (Å²) in [6, 6.07) is 21.5. The van der Waals surface area contributed by atoms with E-state index < -0.39 is 18.0 Å². The molecule has 0 aliphatic heterocycles. The van der Waals surface area contributed by atoms with Gasteiger partial charge in [0.25, 0.3) is 0 Å². The van der Waals surface area contributed by atoms with E-state index in [0.717, 1.165) is 29.9 Å². The van der Waals surface area contributed by atoms with Gasteiger partial charge in [0.1, 0.15) is 24.2 Å². The van der Waals surface area contributed by atoms with Gasteiger partial charge in [0.2, 0.25) is 0 Å². The van der Waals surface area contributed by atoms with E-state index >= 15 is 0 Å². The first-order valence-corrected chi connectivity index (χ1v) is 11.4. The predicted octanol–water partition coefficient (Wildman–Crippen LogP) is 4.34. The van der Waals surface area contributed by atoms with E-state index in [4.69, 9.17) is 19.3 Å². The Bertz CT molecular complexity index is 1130. The lowest BCUT2D eigenvalue weighted by Crippen LogP contribution is -2.35. The third kappa shape index (κ3) is 7.86. The van der Waals surface area contributed by atoms with Crippen molar-refractivity contribution in [3.63, 3.8) is 0 Å². The number of hydrogen-bond donors (Lipinski definition) is 1. The second kappa shape index (κ2) is 12.6. The number of rotatable bonds is 12. The van der Waals surface area contributed by atoms with E-state index in [0.29, 0.717) is 6.54 Å². The Morgan fingerprint density at radius 3 is 2.31 bits per heavy atom. The number of benzene rings is 3. The molecule has 0 aromatic heterocycles. The second-order valence-electron chi connectivity index (χ2n) is 8.44. The van der Waals surface area contributed by atoms with Crippen LogP contribution in [0.2, 0.25) is 0 Å². The summed E-state index contributed by atoms with van der Waals surface area (Å²) < 4.78 is 17.1. The van der Waals surface area contributed by atoms with Crippen molar-refractivity contribution in [3.8, 4) is 11.5 Å². The number of aryl methyl sites for hydroxylation is 2. The minimum Gasteiger partial charge on any atom is -0.497 e. The molecule has 184 valence electrons. The van der Waals surface area contributed by atoms with Crippen molar-refractivity contribution in [1.29, 1.82) is 0 Å². The van der Waals surface area contributed by atoms with Crippen molar-refractivity contribution in [1.82, 2.24) is 4.90 Å². The summed E-state index contributed by atoms with van der Waals surface area (Å²) in [6.45, 7) is 0.665. The largest absolute Gasteiger partial charge is 0.497 e. The average molecular weight is 478 g/mol. The summed E-state index contributed by atoms with van der Waals surface area (Å²) in [5, 5.41) is 9.04. The van der Waals surface area contributed by atoms with Crippen LogP contribution < -0.4 is 9.47 Å². The average Bonchev–Trinajstić information content (AvgIpc) is 2.86. The number of aromatic carboxylic acids is 1. The summed E-state index contributed by atoms with van der Waals surface area (Å²) >= 11 is 0. The lowest BCUT2D eigenvalue weighted by molar-refractivity contribution is 0.0102. The van der Waals surface area contributed by atoms with Crippen molar-refractivity contribution in [2.75, 3.05) is 34.4 Å². The van der Waals surface area contributed by atoms with E-state index in [1.807, 2.05) is 61.5 Å². The lowest BCUT2D eigenvalue weighted by atomic mass is 10.0. The van der Waals surface area contributed by atoms with Crippen LogP contribution in [0.3, 0.4) is 0 Å². The molecule has 1 unspecified atom stereocenters. The molecule has 0 aliphatic carbocycles. The molecule has 0 amide bonds. The fourth-order valence-electron chi connectivity index (χ4n) is 3.64. The summed E-state index contributed by atoms with van der Waals surface area (Å²) in [4.78, 5) is 25.6. The maximum atomic E-state index is 12.7. The summed E-state index contributed by atoms with van der Waals surface area (Å²) in [5.41, 5.74) is 2.64. The predicted molar refractivity (Wildman–Crippen MR) is 133 cm³/mol. The van der Waals surface area contributed by atoms with Gasteiger partial charge in [-0.1, -0.05) is 30.3 Å². The highest BCUT2D eigenvalue weighted by atomic mass is 16.6. The molecule has 0 radical (unpaired) electrons. The standard InChI is InChI=1S/C28H31NO6/c1-29(2)18-25(35-28(32)23-15-13-22(14-16-23)27(30)31)19-34-26-10-5-4-8-21(26)12-11-20-7-6-9-24(17-20)33-3/h4-10,13-17,25H,11-12,18-19H2,1-3H3,(H,30,31). The first-order valence-electron chi connectivity index (χ1n) is 11.4. The maximum absolute atomic E-state index is 12.7. The number of esters is 1. The highest BCUT2D eigenvalue weighted by Gasteiger charge is 2.19. The van der Waals surface area contributed by atoms with Crippen molar-refractivity contribution in [2.45, 2.75) is 18.9 Å². The van der Waals surface area contributed by atoms with E-state index in [2.05, 4.69) is 6.07 Å². The van der Waals surface area contributed by atoms with E-state index in [1.165, 1.54) is 29.8 Å². The first-order chi connectivity index (χ1) is 16.9. The fraction of sp³-hybridized carbons (Fsp3) is 0.286. The zero-order chi connectivity index (χ0) is 25.2. The van der Waals surface area contributed by atoms with Gasteiger partial charge >= 0.3 is 11.9 Å². The van der Waals surface area contributed by atoms with Crippen LogP contribution in [0.4, 0.5) is 0 Å². The van der Waals surface area contributed by atoms with Crippen LogP contribution in [0.1, 0.15) is 31.8 Å². The van der Waals surface area contributed by atoms with E-state index in [1.54, 1.807) is 7.11 Å². The molecule has 1 N–H and O–H groups in total. The van der Waals surface area contributed by atoms with Gasteiger partial charge in [-0.3, -0.25) is 0 Å². The number of carboxylic acid groups (broad SMARTS) is 1. The third-order valence-corrected chi connectivity index (χ3v) is 5.42. The number of likely N-dealkylation sites (N-methyl/N-ethyl adjacent to an activating group) is 1.